The molecule has 6 nitrogen and oxygen atoms in total. The molecule has 2 heterocycles. The van der Waals surface area contributed by atoms with Gasteiger partial charge in [-0.25, -0.2) is 9.97 Å². The lowest BCUT2D eigenvalue weighted by molar-refractivity contribution is -0.00620. The average Bonchev–Trinajstić information content (AvgIpc) is 2.63. The molecule has 0 aliphatic carbocycles. The molecule has 126 valence electrons. The minimum absolute atomic E-state index is 0.0505. The molecule has 1 unspecified atom stereocenters. The van der Waals surface area contributed by atoms with Crippen LogP contribution in [0.3, 0.4) is 0 Å². The number of pyridine rings is 1. The van der Waals surface area contributed by atoms with Crippen molar-refractivity contribution in [2.75, 3.05) is 0 Å². The molecule has 0 saturated heterocycles. The van der Waals surface area contributed by atoms with E-state index in [1.807, 2.05) is 13.8 Å². The summed E-state index contributed by atoms with van der Waals surface area (Å²) >= 11 is 0. The standard InChI is InChI=1S/C15H13FN4O2.C2H6/c1-9(17)14-19-13-12(3-2-8-18-13)15(21)20(14)10-4-6-11(22-16)7-5-10;1-2/h2-9H,17H2,1H3;1-2H3. The Morgan fingerprint density at radius 1 is 1.21 bits per heavy atom. The van der Waals surface area contributed by atoms with Gasteiger partial charge in [0.15, 0.2) is 11.4 Å². The molecule has 1 atom stereocenters. The second-order valence-electron chi connectivity index (χ2n) is 4.84. The first-order valence-electron chi connectivity index (χ1n) is 7.64. The molecule has 2 aromatic heterocycles. The topological polar surface area (TPSA) is 83.0 Å². The quantitative estimate of drug-likeness (QED) is 0.798. The molecule has 1 aromatic carbocycles. The molecule has 0 bridgehead atoms. The van der Waals surface area contributed by atoms with Crippen molar-refractivity contribution in [2.45, 2.75) is 26.8 Å². The van der Waals surface area contributed by atoms with Crippen LogP contribution in [0.15, 0.2) is 47.4 Å². The smallest absolute Gasteiger partial charge is 0.267 e. The van der Waals surface area contributed by atoms with E-state index in [0.29, 0.717) is 22.5 Å². The molecule has 7 heteroatoms. The monoisotopic (exact) mass is 330 g/mol. The summed E-state index contributed by atoms with van der Waals surface area (Å²) in [6.45, 7) is 5.73. The van der Waals surface area contributed by atoms with Crippen molar-refractivity contribution >= 4 is 11.0 Å². The number of halogens is 1. The SMILES string of the molecule is CC.CC(N)c1nc2ncccc2c(=O)n1-c1ccc(OF)cc1. The van der Waals surface area contributed by atoms with Gasteiger partial charge in [0.05, 0.1) is 17.1 Å². The molecular formula is C17H19FN4O2. The van der Waals surface area contributed by atoms with E-state index >= 15 is 0 Å². The van der Waals surface area contributed by atoms with Crippen molar-refractivity contribution in [1.82, 2.24) is 14.5 Å². The average molecular weight is 330 g/mol. The highest BCUT2D eigenvalue weighted by atomic mass is 19.3. The van der Waals surface area contributed by atoms with Crippen molar-refractivity contribution in [3.8, 4) is 11.4 Å². The molecule has 24 heavy (non-hydrogen) atoms. The van der Waals surface area contributed by atoms with Crippen LogP contribution in [0.1, 0.15) is 32.6 Å². The van der Waals surface area contributed by atoms with E-state index < -0.39 is 6.04 Å². The summed E-state index contributed by atoms with van der Waals surface area (Å²) in [5.74, 6) is 0.430. The maximum Gasteiger partial charge on any atom is 0.267 e. The summed E-state index contributed by atoms with van der Waals surface area (Å²) in [6.07, 6.45) is 1.57. The summed E-state index contributed by atoms with van der Waals surface area (Å²) in [6, 6.07) is 8.80. The Labute approximate surface area is 138 Å². The van der Waals surface area contributed by atoms with Crippen LogP contribution in [-0.2, 0) is 0 Å². The van der Waals surface area contributed by atoms with Crippen LogP contribution < -0.4 is 16.2 Å². The third-order valence-corrected chi connectivity index (χ3v) is 3.26. The van der Waals surface area contributed by atoms with Gasteiger partial charge in [0.2, 0.25) is 0 Å². The minimum Gasteiger partial charge on any atom is -0.322 e. The van der Waals surface area contributed by atoms with E-state index in [9.17, 15) is 9.32 Å². The molecule has 2 N–H and O–H groups in total. The normalized spacial score (nSPS) is 11.5. The maximum absolute atomic E-state index is 12.7. The zero-order valence-corrected chi connectivity index (χ0v) is 13.7. The zero-order chi connectivity index (χ0) is 17.7. The van der Waals surface area contributed by atoms with Gasteiger partial charge in [-0.2, -0.15) is 0 Å². The molecule has 0 fully saturated rings. The molecular weight excluding hydrogens is 311 g/mol. The van der Waals surface area contributed by atoms with Crippen molar-refractivity contribution in [2.24, 2.45) is 5.73 Å². The summed E-state index contributed by atoms with van der Waals surface area (Å²) in [4.78, 5) is 24.8. The van der Waals surface area contributed by atoms with Crippen LogP contribution in [0, 0.1) is 0 Å². The number of rotatable bonds is 3. The molecule has 0 saturated carbocycles. The predicted octanol–water partition coefficient (Wildman–Crippen LogP) is 3.09. The van der Waals surface area contributed by atoms with Crippen molar-refractivity contribution in [3.05, 3.63) is 58.8 Å². The van der Waals surface area contributed by atoms with E-state index in [1.54, 1.807) is 37.4 Å². The van der Waals surface area contributed by atoms with E-state index in [1.165, 1.54) is 16.7 Å². The third-order valence-electron chi connectivity index (χ3n) is 3.26. The number of aromatic nitrogens is 3. The Morgan fingerprint density at radius 3 is 2.46 bits per heavy atom. The van der Waals surface area contributed by atoms with Gasteiger partial charge >= 0.3 is 0 Å². The van der Waals surface area contributed by atoms with Crippen LogP contribution in [-0.4, -0.2) is 14.5 Å². The summed E-state index contributed by atoms with van der Waals surface area (Å²) in [5, 5.41) is 0.387. The zero-order valence-electron chi connectivity index (χ0n) is 13.7. The van der Waals surface area contributed by atoms with Crippen LogP contribution in [0.5, 0.6) is 5.75 Å². The van der Waals surface area contributed by atoms with E-state index in [-0.39, 0.29) is 11.3 Å². The van der Waals surface area contributed by atoms with Crippen LogP contribution >= 0.6 is 0 Å². The Balaban J connectivity index is 0.00000100. The van der Waals surface area contributed by atoms with Gasteiger partial charge in [0.1, 0.15) is 5.82 Å². The number of hydrogen-bond acceptors (Lipinski definition) is 5. The number of hydrogen-bond donors (Lipinski definition) is 1. The first-order valence-corrected chi connectivity index (χ1v) is 7.64. The van der Waals surface area contributed by atoms with Gasteiger partial charge in [-0.05, 0) is 43.3 Å². The summed E-state index contributed by atoms with van der Waals surface area (Å²) in [7, 11) is 0. The lowest BCUT2D eigenvalue weighted by atomic mass is 10.2. The van der Waals surface area contributed by atoms with Crippen LogP contribution in [0.2, 0.25) is 0 Å². The highest BCUT2D eigenvalue weighted by molar-refractivity contribution is 5.73. The first-order chi connectivity index (χ1) is 11.6. The third kappa shape index (κ3) is 3.26. The Morgan fingerprint density at radius 2 is 1.88 bits per heavy atom. The first kappa shape index (κ1) is 17.6. The molecule has 0 aliphatic heterocycles. The number of nitrogens with zero attached hydrogens (tertiary/aromatic N) is 3. The summed E-state index contributed by atoms with van der Waals surface area (Å²) < 4.78 is 13.5. The Bertz CT molecular complexity index is 876. The Kier molecular flexibility index (Phi) is 5.59. The fourth-order valence-electron chi connectivity index (χ4n) is 2.24. The van der Waals surface area contributed by atoms with Crippen molar-refractivity contribution < 1.29 is 9.47 Å². The molecule has 0 radical (unpaired) electrons. The van der Waals surface area contributed by atoms with Gasteiger partial charge in [-0.15, -0.1) is 0 Å². The van der Waals surface area contributed by atoms with Gasteiger partial charge in [-0.3, -0.25) is 14.3 Å². The van der Waals surface area contributed by atoms with Gasteiger partial charge < -0.3 is 5.73 Å². The van der Waals surface area contributed by atoms with Gasteiger partial charge in [-0.1, -0.05) is 13.8 Å². The van der Waals surface area contributed by atoms with Crippen LogP contribution in [0.4, 0.5) is 4.53 Å². The molecule has 0 spiro atoms. The lowest BCUT2D eigenvalue weighted by Gasteiger charge is -2.15. The van der Waals surface area contributed by atoms with E-state index in [0.717, 1.165) is 0 Å². The highest BCUT2D eigenvalue weighted by Crippen LogP contribution is 2.18. The number of fused-ring (bicyclic) bond motifs is 1. The maximum atomic E-state index is 12.7. The fourth-order valence-corrected chi connectivity index (χ4v) is 2.24. The van der Waals surface area contributed by atoms with Crippen molar-refractivity contribution in [3.63, 3.8) is 0 Å². The predicted molar refractivity (Wildman–Crippen MR) is 90.8 cm³/mol. The molecule has 3 aromatic rings. The minimum atomic E-state index is -0.476. The summed E-state index contributed by atoms with van der Waals surface area (Å²) in [5.41, 5.74) is 6.53. The van der Waals surface area contributed by atoms with Gasteiger partial charge in [0.25, 0.3) is 5.56 Å². The number of nitrogens with two attached hydrogens (primary N) is 1. The van der Waals surface area contributed by atoms with Crippen LogP contribution in [0.25, 0.3) is 16.7 Å². The lowest BCUT2D eigenvalue weighted by Crippen LogP contribution is -2.27. The highest BCUT2D eigenvalue weighted by Gasteiger charge is 2.16. The van der Waals surface area contributed by atoms with Crippen molar-refractivity contribution in [1.29, 1.82) is 0 Å². The molecule has 0 amide bonds. The van der Waals surface area contributed by atoms with E-state index in [4.69, 9.17) is 5.73 Å². The molecule has 0 aliphatic rings. The van der Waals surface area contributed by atoms with Gasteiger partial charge in [0, 0.05) is 10.7 Å². The second-order valence-corrected chi connectivity index (χ2v) is 4.84. The largest absolute Gasteiger partial charge is 0.322 e. The molecule has 3 rings (SSSR count). The second kappa shape index (κ2) is 7.65. The van der Waals surface area contributed by atoms with E-state index in [2.05, 4.69) is 14.9 Å². The number of benzene rings is 1. The fraction of sp³-hybridized carbons (Fsp3) is 0.235. The Hall–Kier alpha value is -2.80.